The molecule has 0 rings (SSSR count). The van der Waals surface area contributed by atoms with Gasteiger partial charge in [-0.3, -0.25) is 4.21 Å². The van der Waals surface area contributed by atoms with Gasteiger partial charge >= 0.3 is 0 Å². The van der Waals surface area contributed by atoms with Gasteiger partial charge in [-0.25, -0.2) is 4.72 Å². The van der Waals surface area contributed by atoms with Gasteiger partial charge in [-0.1, -0.05) is 33.1 Å². The molecule has 0 aliphatic heterocycles. The molecule has 4 heteroatoms. The smallest absolute Gasteiger partial charge is 0.0181 e. The fraction of sp³-hybridized carbons (Fsp3) is 1.00. The van der Waals surface area contributed by atoms with Crippen molar-refractivity contribution in [3.8, 4) is 0 Å². The summed E-state index contributed by atoms with van der Waals surface area (Å²) in [6.07, 6.45) is 4.53. The quantitative estimate of drug-likeness (QED) is 0.623. The van der Waals surface area contributed by atoms with Crippen LogP contribution in [0.4, 0.5) is 0 Å². The van der Waals surface area contributed by atoms with Crippen molar-refractivity contribution in [2.45, 2.75) is 39.5 Å². The van der Waals surface area contributed by atoms with Gasteiger partial charge in [0.1, 0.15) is 0 Å². The molecule has 0 aliphatic carbocycles. The van der Waals surface area contributed by atoms with E-state index < -0.39 is 11.3 Å². The molecule has 0 bridgehead atoms. The fourth-order valence-corrected chi connectivity index (χ4v) is 1.50. The van der Waals surface area contributed by atoms with E-state index in [0.29, 0.717) is 12.5 Å². The van der Waals surface area contributed by atoms with Crippen molar-refractivity contribution in [1.82, 2.24) is 4.72 Å². The van der Waals surface area contributed by atoms with Crippen LogP contribution in [0.2, 0.25) is 0 Å². The molecule has 3 nitrogen and oxygen atoms in total. The van der Waals surface area contributed by atoms with E-state index in [-0.39, 0.29) is 0 Å². The molecule has 0 saturated carbocycles. The zero-order chi connectivity index (χ0) is 9.40. The minimum atomic E-state index is -2.09. The number of nitrogens with one attached hydrogen (secondary N) is 1. The molecule has 0 aromatic heterocycles. The Morgan fingerprint density at radius 3 is 2.58 bits per heavy atom. The van der Waals surface area contributed by atoms with Crippen LogP contribution in [0.1, 0.15) is 39.5 Å². The number of hydrogen-bond donors (Lipinski definition) is 1. The van der Waals surface area contributed by atoms with Crippen molar-refractivity contribution in [3.05, 3.63) is 0 Å². The first-order valence-electron chi connectivity index (χ1n) is 4.53. The monoisotopic (exact) mass is 192 g/mol. The van der Waals surface area contributed by atoms with Crippen LogP contribution in [0.25, 0.3) is 0 Å². The first kappa shape index (κ1) is 12.1. The average molecular weight is 192 g/mol. The molecule has 2 atom stereocenters. The number of rotatable bonds is 7. The average Bonchev–Trinajstić information content (AvgIpc) is 2.05. The van der Waals surface area contributed by atoms with Crippen molar-refractivity contribution in [1.29, 1.82) is 0 Å². The molecule has 12 heavy (non-hydrogen) atoms. The summed E-state index contributed by atoms with van der Waals surface area (Å²) in [5.74, 6) is 0.503. The third-order valence-corrected chi connectivity index (χ3v) is 2.44. The third kappa shape index (κ3) is 6.76. The van der Waals surface area contributed by atoms with Crippen LogP contribution in [-0.2, 0) is 11.3 Å². The molecule has 0 aromatic rings. The Morgan fingerprint density at radius 1 is 1.50 bits per heavy atom. The number of hydrogen-bond acceptors (Lipinski definition) is 2. The highest BCUT2D eigenvalue weighted by molar-refractivity contribution is 7.77. The van der Waals surface area contributed by atoms with E-state index in [1.165, 1.54) is 12.8 Å². The minimum Gasteiger partial charge on any atom is -0.760 e. The molecule has 0 radical (unpaired) electrons. The van der Waals surface area contributed by atoms with Crippen LogP contribution >= 0.6 is 0 Å². The van der Waals surface area contributed by atoms with Gasteiger partial charge in [0.25, 0.3) is 0 Å². The summed E-state index contributed by atoms with van der Waals surface area (Å²) < 4.78 is 22.8. The summed E-state index contributed by atoms with van der Waals surface area (Å²) in [4.78, 5) is 0. The molecule has 74 valence electrons. The predicted octanol–water partition coefficient (Wildman–Crippen LogP) is 1.59. The Kier molecular flexibility index (Phi) is 7.75. The molecular formula is C8H18NO2S-. The summed E-state index contributed by atoms with van der Waals surface area (Å²) >= 11 is -2.09. The van der Waals surface area contributed by atoms with E-state index in [4.69, 9.17) is 0 Å². The first-order chi connectivity index (χ1) is 5.70. The van der Waals surface area contributed by atoms with Crippen LogP contribution in [-0.4, -0.2) is 15.3 Å². The zero-order valence-corrected chi connectivity index (χ0v) is 8.65. The zero-order valence-electron chi connectivity index (χ0n) is 7.84. The lowest BCUT2D eigenvalue weighted by Gasteiger charge is -2.15. The molecule has 0 aromatic carbocycles. The van der Waals surface area contributed by atoms with Crippen LogP contribution in [0.15, 0.2) is 0 Å². The topological polar surface area (TPSA) is 52.2 Å². The van der Waals surface area contributed by atoms with E-state index in [0.717, 1.165) is 12.8 Å². The van der Waals surface area contributed by atoms with Crippen LogP contribution < -0.4 is 4.72 Å². The van der Waals surface area contributed by atoms with Gasteiger partial charge in [-0.05, 0) is 12.3 Å². The molecule has 0 fully saturated rings. The van der Waals surface area contributed by atoms with E-state index in [1.807, 2.05) is 0 Å². The van der Waals surface area contributed by atoms with Crippen molar-refractivity contribution < 1.29 is 8.76 Å². The Balaban J connectivity index is 3.45. The summed E-state index contributed by atoms with van der Waals surface area (Å²) in [6, 6.07) is 0. The molecule has 0 heterocycles. The normalized spacial score (nSPS) is 15.9. The lowest BCUT2D eigenvalue weighted by atomic mass is 10.00. The van der Waals surface area contributed by atoms with Gasteiger partial charge in [0.05, 0.1) is 0 Å². The van der Waals surface area contributed by atoms with Gasteiger partial charge < -0.3 is 4.55 Å². The Hall–Kier alpha value is 0.0700. The molecule has 2 unspecified atom stereocenters. The maximum Gasteiger partial charge on any atom is 0.0181 e. The Labute approximate surface area is 77.4 Å². The van der Waals surface area contributed by atoms with Gasteiger partial charge in [0.2, 0.25) is 0 Å². The highest BCUT2D eigenvalue weighted by Gasteiger charge is 2.04. The van der Waals surface area contributed by atoms with Crippen molar-refractivity contribution >= 4 is 11.3 Å². The van der Waals surface area contributed by atoms with Gasteiger partial charge in [0, 0.05) is 17.8 Å². The maximum absolute atomic E-state index is 10.2. The van der Waals surface area contributed by atoms with Crippen LogP contribution in [0.5, 0.6) is 0 Å². The van der Waals surface area contributed by atoms with E-state index >= 15 is 0 Å². The van der Waals surface area contributed by atoms with Gasteiger partial charge in [-0.15, -0.1) is 0 Å². The Morgan fingerprint density at radius 2 is 2.17 bits per heavy atom. The lowest BCUT2D eigenvalue weighted by molar-refractivity contribution is 0.437. The highest BCUT2D eigenvalue weighted by atomic mass is 32.2. The highest BCUT2D eigenvalue weighted by Crippen LogP contribution is 2.10. The fourth-order valence-electron chi connectivity index (χ4n) is 1.13. The molecule has 1 N–H and O–H groups in total. The van der Waals surface area contributed by atoms with Crippen molar-refractivity contribution in [2.24, 2.45) is 5.92 Å². The lowest BCUT2D eigenvalue weighted by Crippen LogP contribution is -2.24. The third-order valence-electron chi connectivity index (χ3n) is 2.03. The minimum absolute atomic E-state index is 0.503. The van der Waals surface area contributed by atoms with E-state index in [2.05, 4.69) is 18.6 Å². The van der Waals surface area contributed by atoms with E-state index in [9.17, 15) is 8.76 Å². The SMILES string of the molecule is CCCCC(CC)CNS(=O)[O-]. The van der Waals surface area contributed by atoms with Crippen LogP contribution in [0.3, 0.4) is 0 Å². The number of unbranched alkanes of at least 4 members (excludes halogenated alkanes) is 1. The maximum atomic E-state index is 10.2. The first-order valence-corrected chi connectivity index (χ1v) is 5.60. The summed E-state index contributed by atoms with van der Waals surface area (Å²) in [6.45, 7) is 4.83. The van der Waals surface area contributed by atoms with Crippen molar-refractivity contribution in [3.63, 3.8) is 0 Å². The molecule has 0 saturated heterocycles. The summed E-state index contributed by atoms with van der Waals surface area (Å²) in [5.41, 5.74) is 0. The molecule has 0 amide bonds. The van der Waals surface area contributed by atoms with Gasteiger partial charge in [-0.2, -0.15) is 0 Å². The van der Waals surface area contributed by atoms with E-state index in [1.54, 1.807) is 0 Å². The Bertz CT molecular complexity index is 130. The second kappa shape index (κ2) is 7.71. The van der Waals surface area contributed by atoms with Crippen molar-refractivity contribution in [2.75, 3.05) is 6.54 Å². The summed E-state index contributed by atoms with van der Waals surface area (Å²) in [7, 11) is 0. The standard InChI is InChI=1S/C8H19NO2S/c1-3-5-6-8(4-2)7-9-12(10)11/h8-9H,3-7H2,1-2H3,(H,10,11)/p-1. The predicted molar refractivity (Wildman–Crippen MR) is 50.2 cm³/mol. The van der Waals surface area contributed by atoms with Gasteiger partial charge in [0.15, 0.2) is 0 Å². The largest absolute Gasteiger partial charge is 0.760 e. The summed E-state index contributed by atoms with van der Waals surface area (Å²) in [5, 5.41) is 0. The second-order valence-electron chi connectivity index (χ2n) is 3.00. The molecular weight excluding hydrogens is 174 g/mol. The second-order valence-corrected chi connectivity index (χ2v) is 3.76. The van der Waals surface area contributed by atoms with Crippen LogP contribution in [0, 0.1) is 5.92 Å². The molecule has 0 aliphatic rings. The molecule has 0 spiro atoms.